The molecule has 3 aromatic rings. The summed E-state index contributed by atoms with van der Waals surface area (Å²) < 4.78 is 1.51. The monoisotopic (exact) mass is 382 g/mol. The van der Waals surface area contributed by atoms with Gasteiger partial charge in [-0.15, -0.1) is 0 Å². The smallest absolute Gasteiger partial charge is 0.261 e. The third kappa shape index (κ3) is 4.26. The van der Waals surface area contributed by atoms with Gasteiger partial charge in [-0.05, 0) is 40.9 Å². The molecular weight excluding hydrogens is 360 g/mol. The molecule has 1 aromatic carbocycles. The maximum Gasteiger partial charge on any atom is 0.261 e. The van der Waals surface area contributed by atoms with Crippen LogP contribution in [0.25, 0.3) is 10.9 Å². The van der Waals surface area contributed by atoms with Gasteiger partial charge in [0.15, 0.2) is 0 Å². The lowest BCUT2D eigenvalue weighted by molar-refractivity contribution is -0.121. The van der Waals surface area contributed by atoms with Crippen molar-refractivity contribution in [1.82, 2.24) is 19.8 Å². The minimum atomic E-state index is -0.101. The highest BCUT2D eigenvalue weighted by Gasteiger charge is 2.23. The number of thiophene rings is 1. The van der Waals surface area contributed by atoms with Crippen molar-refractivity contribution in [3.63, 3.8) is 0 Å². The highest BCUT2D eigenvalue weighted by atomic mass is 32.1. The molecule has 1 aliphatic rings. The SMILES string of the molecule is O=C(CCn1cnc2ccccc2c1=O)NC1CCN(Cc2ccsc2)C1. The van der Waals surface area contributed by atoms with Crippen LogP contribution in [0, 0.1) is 0 Å². The van der Waals surface area contributed by atoms with E-state index in [-0.39, 0.29) is 23.9 Å². The number of aryl methyl sites for hydroxylation is 1. The number of fused-ring (bicyclic) bond motifs is 1. The molecule has 0 radical (unpaired) electrons. The zero-order valence-electron chi connectivity index (χ0n) is 15.0. The highest BCUT2D eigenvalue weighted by Crippen LogP contribution is 2.15. The summed E-state index contributed by atoms with van der Waals surface area (Å²) in [4.78, 5) is 31.4. The van der Waals surface area contributed by atoms with E-state index in [1.54, 1.807) is 17.4 Å². The maximum absolute atomic E-state index is 12.5. The number of carbonyl (C=O) groups excluding carboxylic acids is 1. The number of nitrogens with one attached hydrogen (secondary N) is 1. The molecule has 1 amide bonds. The Balaban J connectivity index is 1.29. The second kappa shape index (κ2) is 8.02. The Kier molecular flexibility index (Phi) is 5.31. The Morgan fingerprint density at radius 1 is 1.30 bits per heavy atom. The van der Waals surface area contributed by atoms with Crippen molar-refractivity contribution >= 4 is 28.1 Å². The predicted molar refractivity (Wildman–Crippen MR) is 107 cm³/mol. The van der Waals surface area contributed by atoms with E-state index in [0.29, 0.717) is 17.4 Å². The topological polar surface area (TPSA) is 67.2 Å². The largest absolute Gasteiger partial charge is 0.352 e. The van der Waals surface area contributed by atoms with Gasteiger partial charge < -0.3 is 5.32 Å². The number of amides is 1. The van der Waals surface area contributed by atoms with Gasteiger partial charge in [0.2, 0.25) is 5.91 Å². The molecule has 1 unspecified atom stereocenters. The average Bonchev–Trinajstić information content (AvgIpc) is 3.34. The van der Waals surface area contributed by atoms with Gasteiger partial charge in [-0.25, -0.2) is 4.98 Å². The molecular formula is C20H22N4O2S. The van der Waals surface area contributed by atoms with Crippen LogP contribution < -0.4 is 10.9 Å². The molecule has 0 saturated carbocycles. The molecule has 0 aliphatic carbocycles. The van der Waals surface area contributed by atoms with E-state index in [9.17, 15) is 9.59 Å². The molecule has 3 heterocycles. The Bertz CT molecular complexity index is 983. The summed E-state index contributed by atoms with van der Waals surface area (Å²) in [6.45, 7) is 3.15. The lowest BCUT2D eigenvalue weighted by Gasteiger charge is -2.16. The van der Waals surface area contributed by atoms with Gasteiger partial charge in [0.05, 0.1) is 17.2 Å². The van der Waals surface area contributed by atoms with E-state index in [1.807, 2.05) is 18.2 Å². The normalized spacial score (nSPS) is 17.4. The van der Waals surface area contributed by atoms with Crippen LogP contribution in [-0.2, 0) is 17.9 Å². The molecule has 0 bridgehead atoms. The molecule has 0 spiro atoms. The Hall–Kier alpha value is -2.51. The van der Waals surface area contributed by atoms with E-state index in [2.05, 4.69) is 32.0 Å². The minimum Gasteiger partial charge on any atom is -0.352 e. The van der Waals surface area contributed by atoms with Crippen molar-refractivity contribution in [1.29, 1.82) is 0 Å². The number of nitrogens with zero attached hydrogens (tertiary/aromatic N) is 3. The molecule has 1 atom stereocenters. The first-order valence-corrected chi connectivity index (χ1v) is 10.1. The second-order valence-corrected chi connectivity index (χ2v) is 7.71. The second-order valence-electron chi connectivity index (χ2n) is 6.93. The van der Waals surface area contributed by atoms with Gasteiger partial charge >= 0.3 is 0 Å². The van der Waals surface area contributed by atoms with Gasteiger partial charge in [-0.3, -0.25) is 19.1 Å². The van der Waals surface area contributed by atoms with E-state index in [4.69, 9.17) is 0 Å². The van der Waals surface area contributed by atoms with Crippen LogP contribution in [0.2, 0.25) is 0 Å². The number of benzene rings is 1. The fourth-order valence-electron chi connectivity index (χ4n) is 3.52. The van der Waals surface area contributed by atoms with Crippen molar-refractivity contribution in [3.05, 3.63) is 63.3 Å². The standard InChI is InChI=1S/C20H22N4O2S/c25-19(22-16-5-8-23(12-16)11-15-7-10-27-13-15)6-9-24-14-21-18-4-2-1-3-17(18)20(24)26/h1-4,7,10,13-14,16H,5-6,8-9,11-12H2,(H,22,25). The lowest BCUT2D eigenvalue weighted by Crippen LogP contribution is -2.37. The van der Waals surface area contributed by atoms with Crippen LogP contribution in [0.4, 0.5) is 0 Å². The van der Waals surface area contributed by atoms with Crippen molar-refractivity contribution in [2.45, 2.75) is 32.0 Å². The van der Waals surface area contributed by atoms with Crippen LogP contribution in [-0.4, -0.2) is 39.5 Å². The number of carbonyl (C=O) groups is 1. The van der Waals surface area contributed by atoms with Crippen molar-refractivity contribution in [3.8, 4) is 0 Å². The molecule has 1 fully saturated rings. The molecule has 140 valence electrons. The fourth-order valence-corrected chi connectivity index (χ4v) is 4.18. The zero-order valence-corrected chi connectivity index (χ0v) is 15.8. The van der Waals surface area contributed by atoms with Crippen molar-refractivity contribution in [2.75, 3.05) is 13.1 Å². The summed E-state index contributed by atoms with van der Waals surface area (Å²) >= 11 is 1.71. The quantitative estimate of drug-likeness (QED) is 0.710. The molecule has 6 nitrogen and oxygen atoms in total. The minimum absolute atomic E-state index is 0.0163. The number of aromatic nitrogens is 2. The van der Waals surface area contributed by atoms with Gasteiger partial charge in [0.1, 0.15) is 0 Å². The summed E-state index contributed by atoms with van der Waals surface area (Å²) in [6.07, 6.45) is 2.77. The van der Waals surface area contributed by atoms with Crippen LogP contribution in [0.3, 0.4) is 0 Å². The molecule has 27 heavy (non-hydrogen) atoms. The summed E-state index contributed by atoms with van der Waals surface area (Å²) in [7, 11) is 0. The van der Waals surface area contributed by atoms with E-state index >= 15 is 0 Å². The van der Waals surface area contributed by atoms with Crippen LogP contribution in [0.1, 0.15) is 18.4 Å². The van der Waals surface area contributed by atoms with Gasteiger partial charge in [0.25, 0.3) is 5.56 Å². The summed E-state index contributed by atoms with van der Waals surface area (Å²) in [6, 6.07) is 9.59. The first kappa shape index (κ1) is 17.9. The molecule has 1 aliphatic heterocycles. The molecule has 2 aromatic heterocycles. The lowest BCUT2D eigenvalue weighted by atomic mass is 10.2. The first-order chi connectivity index (χ1) is 13.2. The number of hydrogen-bond donors (Lipinski definition) is 1. The molecule has 7 heteroatoms. The average molecular weight is 382 g/mol. The number of para-hydroxylation sites is 1. The summed E-state index contributed by atoms with van der Waals surface area (Å²) in [5, 5.41) is 7.94. The molecule has 1 saturated heterocycles. The maximum atomic E-state index is 12.5. The van der Waals surface area contributed by atoms with Crippen LogP contribution >= 0.6 is 11.3 Å². The molecule has 1 N–H and O–H groups in total. The van der Waals surface area contributed by atoms with Gasteiger partial charge in [-0.1, -0.05) is 12.1 Å². The number of likely N-dealkylation sites (tertiary alicyclic amines) is 1. The Labute approximate surface area is 161 Å². The molecule has 4 rings (SSSR count). The van der Waals surface area contributed by atoms with Gasteiger partial charge in [0, 0.05) is 38.6 Å². The Morgan fingerprint density at radius 2 is 2.19 bits per heavy atom. The Morgan fingerprint density at radius 3 is 3.04 bits per heavy atom. The number of rotatable bonds is 6. The zero-order chi connectivity index (χ0) is 18.6. The van der Waals surface area contributed by atoms with Crippen molar-refractivity contribution < 1.29 is 4.79 Å². The summed E-state index contributed by atoms with van der Waals surface area (Å²) in [5.74, 6) is -0.0163. The van der Waals surface area contributed by atoms with Gasteiger partial charge in [-0.2, -0.15) is 11.3 Å². The predicted octanol–water partition coefficient (Wildman–Crippen LogP) is 2.24. The third-order valence-electron chi connectivity index (χ3n) is 4.94. The first-order valence-electron chi connectivity index (χ1n) is 9.16. The van der Waals surface area contributed by atoms with Crippen LogP contribution in [0.15, 0.2) is 52.2 Å². The third-order valence-corrected chi connectivity index (χ3v) is 5.67. The van der Waals surface area contributed by atoms with Crippen LogP contribution in [0.5, 0.6) is 0 Å². The van der Waals surface area contributed by atoms with E-state index in [1.165, 1.54) is 16.5 Å². The fraction of sp³-hybridized carbons (Fsp3) is 0.350. The van der Waals surface area contributed by atoms with E-state index < -0.39 is 0 Å². The van der Waals surface area contributed by atoms with E-state index in [0.717, 1.165) is 26.1 Å². The van der Waals surface area contributed by atoms with Crippen molar-refractivity contribution in [2.24, 2.45) is 0 Å². The number of hydrogen-bond acceptors (Lipinski definition) is 5. The highest BCUT2D eigenvalue weighted by molar-refractivity contribution is 7.07. The summed E-state index contributed by atoms with van der Waals surface area (Å²) in [5.41, 5.74) is 1.91.